The predicted octanol–water partition coefficient (Wildman–Crippen LogP) is 13.4. The number of rotatable bonds is 5. The fourth-order valence-corrected chi connectivity index (χ4v) is 9.68. The SMILES string of the molecule is c1ccc(-c2nc(-c3ccccc3)nc(-c3ccc4c(c3)-c3cc(-c5nc(-c6ccccc6)nc6oc7ccccc7c56)ccc3C43c4ccccc4Oc4ccccc43)n2)cc1. The second kappa shape index (κ2) is 13.7. The topological polar surface area (TPSA) is 86.8 Å². The Morgan fingerprint density at radius 3 is 1.40 bits per heavy atom. The van der Waals surface area contributed by atoms with Gasteiger partial charge in [0.15, 0.2) is 23.3 Å². The highest BCUT2D eigenvalue weighted by molar-refractivity contribution is 6.11. The standard InChI is InChI=1S/C56H33N5O2/c1-4-16-34(17-5-1)51-57-50(49-39-22-10-13-25-46(39)63-55(49)61-51)37-28-30-42-40(32-37)41-33-38(54-59-52(35-18-6-2-7-19-35)58-53(60-54)36-20-8-3-9-21-36)29-31-43(41)56(42)44-23-11-14-26-47(44)62-48-27-15-12-24-45(48)56/h1-33H. The normalized spacial score (nSPS) is 13.0. The Bertz CT molecular complexity index is 3500. The lowest BCUT2D eigenvalue weighted by atomic mass is 9.66. The Morgan fingerprint density at radius 2 is 0.810 bits per heavy atom. The first-order valence-electron chi connectivity index (χ1n) is 21.0. The number of nitrogens with zero attached hydrogens (tertiary/aromatic N) is 5. The molecule has 2 aliphatic rings. The van der Waals surface area contributed by atoms with E-state index in [0.29, 0.717) is 29.0 Å². The third-order valence-corrected chi connectivity index (χ3v) is 12.4. The Morgan fingerprint density at radius 1 is 0.349 bits per heavy atom. The van der Waals surface area contributed by atoms with E-state index in [4.69, 9.17) is 34.1 Å². The monoisotopic (exact) mass is 807 g/mol. The molecule has 3 aromatic heterocycles. The molecule has 0 saturated carbocycles. The molecule has 13 rings (SSSR count). The van der Waals surface area contributed by atoms with E-state index >= 15 is 0 Å². The van der Waals surface area contributed by atoms with Crippen LogP contribution in [-0.2, 0) is 5.41 Å². The lowest BCUT2D eigenvalue weighted by molar-refractivity contribution is 0.436. The average molecular weight is 808 g/mol. The van der Waals surface area contributed by atoms with Gasteiger partial charge in [0.1, 0.15) is 17.1 Å². The summed E-state index contributed by atoms with van der Waals surface area (Å²) in [6, 6.07) is 68.6. The number of furan rings is 1. The zero-order chi connectivity index (χ0) is 41.5. The van der Waals surface area contributed by atoms with E-state index in [-0.39, 0.29) is 0 Å². The molecule has 0 radical (unpaired) electrons. The summed E-state index contributed by atoms with van der Waals surface area (Å²) in [6.07, 6.45) is 0. The fraction of sp³-hybridized carbons (Fsp3) is 0.0179. The largest absolute Gasteiger partial charge is 0.457 e. The highest BCUT2D eigenvalue weighted by Crippen LogP contribution is 2.62. The molecule has 7 nitrogen and oxygen atoms in total. The van der Waals surface area contributed by atoms with Crippen LogP contribution < -0.4 is 4.74 Å². The number of para-hydroxylation sites is 3. The van der Waals surface area contributed by atoms with Gasteiger partial charge in [-0.1, -0.05) is 170 Å². The summed E-state index contributed by atoms with van der Waals surface area (Å²) in [6.45, 7) is 0. The van der Waals surface area contributed by atoms with Gasteiger partial charge in [0, 0.05) is 44.3 Å². The Balaban J connectivity index is 1.09. The van der Waals surface area contributed by atoms with Crippen molar-refractivity contribution in [1.29, 1.82) is 0 Å². The molecule has 0 fully saturated rings. The highest BCUT2D eigenvalue weighted by atomic mass is 16.5. The van der Waals surface area contributed by atoms with Crippen molar-refractivity contribution in [3.8, 4) is 79.4 Å². The number of hydrogen-bond acceptors (Lipinski definition) is 7. The number of fused-ring (bicyclic) bond motifs is 12. The molecule has 1 aliphatic carbocycles. The van der Waals surface area contributed by atoms with Gasteiger partial charge in [0.25, 0.3) is 0 Å². The molecular weight excluding hydrogens is 775 g/mol. The van der Waals surface area contributed by atoms with Crippen LogP contribution in [0.3, 0.4) is 0 Å². The third kappa shape index (κ3) is 5.36. The van der Waals surface area contributed by atoms with Crippen LogP contribution in [0.25, 0.3) is 90.0 Å². The number of aromatic nitrogens is 5. The van der Waals surface area contributed by atoms with Crippen LogP contribution in [0, 0.1) is 0 Å². The summed E-state index contributed by atoms with van der Waals surface area (Å²) >= 11 is 0. The molecule has 0 unspecified atom stereocenters. The quantitative estimate of drug-likeness (QED) is 0.171. The highest BCUT2D eigenvalue weighted by Gasteiger charge is 2.51. The van der Waals surface area contributed by atoms with Crippen LogP contribution in [0.5, 0.6) is 11.5 Å². The van der Waals surface area contributed by atoms with Crippen LogP contribution in [0.1, 0.15) is 22.3 Å². The lowest BCUT2D eigenvalue weighted by Gasteiger charge is -2.39. The van der Waals surface area contributed by atoms with Crippen molar-refractivity contribution in [3.05, 3.63) is 222 Å². The summed E-state index contributed by atoms with van der Waals surface area (Å²) in [5.74, 6) is 4.07. The first-order valence-corrected chi connectivity index (χ1v) is 21.0. The third-order valence-electron chi connectivity index (χ3n) is 12.4. The first kappa shape index (κ1) is 35.2. The molecule has 0 saturated heterocycles. The summed E-state index contributed by atoms with van der Waals surface area (Å²) in [5, 5.41) is 1.84. The minimum Gasteiger partial charge on any atom is -0.457 e. The van der Waals surface area contributed by atoms with E-state index < -0.39 is 5.41 Å². The van der Waals surface area contributed by atoms with Crippen LogP contribution >= 0.6 is 0 Å². The van der Waals surface area contributed by atoms with E-state index in [1.807, 2.05) is 121 Å². The van der Waals surface area contributed by atoms with E-state index in [0.717, 1.165) is 94.7 Å². The average Bonchev–Trinajstić information content (AvgIpc) is 3.88. The molecule has 7 heteroatoms. The van der Waals surface area contributed by atoms with Gasteiger partial charge in [-0.05, 0) is 52.6 Å². The number of benzene rings is 8. The van der Waals surface area contributed by atoms with E-state index in [1.165, 1.54) is 0 Å². The zero-order valence-electron chi connectivity index (χ0n) is 33.6. The number of ether oxygens (including phenoxy) is 1. The van der Waals surface area contributed by atoms with E-state index in [9.17, 15) is 0 Å². The molecule has 0 atom stereocenters. The molecule has 1 aliphatic heterocycles. The zero-order valence-corrected chi connectivity index (χ0v) is 33.6. The maximum atomic E-state index is 6.67. The second-order valence-corrected chi connectivity index (χ2v) is 15.9. The molecule has 0 N–H and O–H groups in total. The summed E-state index contributed by atoms with van der Waals surface area (Å²) < 4.78 is 13.1. The van der Waals surface area contributed by atoms with E-state index in [2.05, 4.69) is 78.9 Å². The van der Waals surface area contributed by atoms with Crippen LogP contribution in [-0.4, -0.2) is 24.9 Å². The van der Waals surface area contributed by atoms with Crippen molar-refractivity contribution in [3.63, 3.8) is 0 Å². The molecule has 0 amide bonds. The molecule has 11 aromatic rings. The van der Waals surface area contributed by atoms with Crippen molar-refractivity contribution in [2.75, 3.05) is 0 Å². The first-order chi connectivity index (χ1) is 31.2. The van der Waals surface area contributed by atoms with Gasteiger partial charge >= 0.3 is 0 Å². The lowest BCUT2D eigenvalue weighted by Crippen LogP contribution is -2.32. The maximum absolute atomic E-state index is 6.67. The minimum absolute atomic E-state index is 0.547. The second-order valence-electron chi connectivity index (χ2n) is 15.9. The van der Waals surface area contributed by atoms with Gasteiger partial charge < -0.3 is 9.15 Å². The van der Waals surface area contributed by atoms with Gasteiger partial charge in [0.05, 0.1) is 16.5 Å². The van der Waals surface area contributed by atoms with Gasteiger partial charge in [-0.25, -0.2) is 19.9 Å². The maximum Gasteiger partial charge on any atom is 0.231 e. The Labute approximate surface area is 362 Å². The van der Waals surface area contributed by atoms with Crippen molar-refractivity contribution >= 4 is 22.1 Å². The Kier molecular flexibility index (Phi) is 7.68. The van der Waals surface area contributed by atoms with Gasteiger partial charge in [-0.15, -0.1) is 0 Å². The molecule has 8 aromatic carbocycles. The molecular formula is C56H33N5O2. The van der Waals surface area contributed by atoms with Gasteiger partial charge in [-0.2, -0.15) is 4.98 Å². The number of hydrogen-bond donors (Lipinski definition) is 0. The summed E-state index contributed by atoms with van der Waals surface area (Å²) in [5.41, 5.74) is 12.6. The predicted molar refractivity (Wildman–Crippen MR) is 247 cm³/mol. The smallest absolute Gasteiger partial charge is 0.231 e. The van der Waals surface area contributed by atoms with Gasteiger partial charge in [-0.3, -0.25) is 0 Å². The van der Waals surface area contributed by atoms with Crippen molar-refractivity contribution in [2.24, 2.45) is 0 Å². The molecule has 63 heavy (non-hydrogen) atoms. The van der Waals surface area contributed by atoms with Crippen molar-refractivity contribution in [2.45, 2.75) is 5.41 Å². The van der Waals surface area contributed by atoms with Crippen LogP contribution in [0.2, 0.25) is 0 Å². The van der Waals surface area contributed by atoms with Crippen molar-refractivity contribution in [1.82, 2.24) is 24.9 Å². The van der Waals surface area contributed by atoms with Crippen LogP contribution in [0.4, 0.5) is 0 Å². The molecule has 0 bridgehead atoms. The van der Waals surface area contributed by atoms with Gasteiger partial charge in [0.2, 0.25) is 5.71 Å². The summed E-state index contributed by atoms with van der Waals surface area (Å²) in [4.78, 5) is 25.6. The minimum atomic E-state index is -0.685. The van der Waals surface area contributed by atoms with E-state index in [1.54, 1.807) is 0 Å². The molecule has 1 spiro atoms. The summed E-state index contributed by atoms with van der Waals surface area (Å²) in [7, 11) is 0. The van der Waals surface area contributed by atoms with Crippen molar-refractivity contribution < 1.29 is 9.15 Å². The van der Waals surface area contributed by atoms with Crippen LogP contribution in [0.15, 0.2) is 205 Å². The Hall–Kier alpha value is -8.55. The molecule has 294 valence electrons. The molecule has 4 heterocycles. The fourth-order valence-electron chi connectivity index (χ4n) is 9.68.